The van der Waals surface area contributed by atoms with E-state index in [0.717, 1.165) is 55.4 Å². The predicted molar refractivity (Wildman–Crippen MR) is 121 cm³/mol. The van der Waals surface area contributed by atoms with Gasteiger partial charge < -0.3 is 20.5 Å². The Hall–Kier alpha value is -2.18. The van der Waals surface area contributed by atoms with E-state index in [9.17, 15) is 0 Å². The molecule has 0 atom stereocenters. The topological polar surface area (TPSA) is 55.5 Å². The Kier molecular flexibility index (Phi) is 6.07. The van der Waals surface area contributed by atoms with Gasteiger partial charge in [0.05, 0.1) is 5.00 Å². The van der Waals surface area contributed by atoms with Gasteiger partial charge in [0.2, 0.25) is 0 Å². The number of aromatic nitrogens is 1. The van der Waals surface area contributed by atoms with Crippen molar-refractivity contribution in [1.29, 1.82) is 0 Å². The lowest BCUT2D eigenvalue weighted by Gasteiger charge is -2.33. The molecular weight excluding hydrogens is 390 g/mol. The molecule has 1 aliphatic rings. The van der Waals surface area contributed by atoms with Gasteiger partial charge in [0.25, 0.3) is 0 Å². The molecule has 1 aliphatic heterocycles. The first-order chi connectivity index (χ1) is 13.7. The maximum Gasteiger partial charge on any atom is 0.191 e. The zero-order valence-corrected chi connectivity index (χ0v) is 17.6. The van der Waals surface area contributed by atoms with Gasteiger partial charge in [-0.2, -0.15) is 0 Å². The molecule has 4 rings (SSSR count). The number of aromatic amines is 1. The number of benzene rings is 1. The third-order valence-corrected chi connectivity index (χ3v) is 6.46. The molecule has 7 heteroatoms. The molecule has 0 saturated carbocycles. The SMILES string of the molecule is CN=C(NCCc1c[nH]c2ccc(Cl)cc12)NC1CCN(c2cccs2)CC1. The van der Waals surface area contributed by atoms with Gasteiger partial charge in [-0.15, -0.1) is 11.3 Å². The van der Waals surface area contributed by atoms with Gasteiger partial charge in [0.15, 0.2) is 5.96 Å². The molecule has 0 amide bonds. The van der Waals surface area contributed by atoms with Crippen molar-refractivity contribution >= 4 is 44.8 Å². The van der Waals surface area contributed by atoms with Gasteiger partial charge in [-0.05, 0) is 60.5 Å². The molecule has 3 N–H and O–H groups in total. The first kappa shape index (κ1) is 19.2. The summed E-state index contributed by atoms with van der Waals surface area (Å²) in [5.41, 5.74) is 2.39. The van der Waals surface area contributed by atoms with Crippen LogP contribution in [0.4, 0.5) is 5.00 Å². The number of rotatable bonds is 5. The van der Waals surface area contributed by atoms with Crippen LogP contribution >= 0.6 is 22.9 Å². The Bertz CT molecular complexity index is 926. The number of H-pyrrole nitrogens is 1. The van der Waals surface area contributed by atoms with Crippen LogP contribution in [0.25, 0.3) is 10.9 Å². The second-order valence-electron chi connectivity index (χ2n) is 7.11. The second-order valence-corrected chi connectivity index (χ2v) is 8.47. The fraction of sp³-hybridized carbons (Fsp3) is 0.381. The Balaban J connectivity index is 1.25. The molecule has 2 aromatic heterocycles. The number of halogens is 1. The van der Waals surface area contributed by atoms with Crippen LogP contribution in [0.3, 0.4) is 0 Å². The van der Waals surface area contributed by atoms with Gasteiger partial charge in [-0.3, -0.25) is 4.99 Å². The van der Waals surface area contributed by atoms with Crippen LogP contribution in [0.1, 0.15) is 18.4 Å². The molecule has 0 bridgehead atoms. The first-order valence-electron chi connectivity index (χ1n) is 9.74. The summed E-state index contributed by atoms with van der Waals surface area (Å²) >= 11 is 7.96. The molecule has 1 saturated heterocycles. The van der Waals surface area contributed by atoms with Gasteiger partial charge in [-0.25, -0.2) is 0 Å². The van der Waals surface area contributed by atoms with Crippen LogP contribution in [0.5, 0.6) is 0 Å². The lowest BCUT2D eigenvalue weighted by Crippen LogP contribution is -2.49. The van der Waals surface area contributed by atoms with Crippen molar-refractivity contribution in [2.75, 3.05) is 31.6 Å². The zero-order chi connectivity index (χ0) is 19.3. The number of aliphatic imine (C=N–C) groups is 1. The number of hydrogen-bond acceptors (Lipinski definition) is 3. The average molecular weight is 416 g/mol. The number of guanidine groups is 1. The molecule has 0 unspecified atom stereocenters. The van der Waals surface area contributed by atoms with Crippen molar-refractivity contribution in [2.24, 2.45) is 4.99 Å². The molecule has 1 fully saturated rings. The number of thiophene rings is 1. The van der Waals surface area contributed by atoms with E-state index in [1.165, 1.54) is 16.0 Å². The quantitative estimate of drug-likeness (QED) is 0.431. The van der Waals surface area contributed by atoms with Crippen LogP contribution < -0.4 is 15.5 Å². The number of hydrogen-bond donors (Lipinski definition) is 3. The smallest absolute Gasteiger partial charge is 0.191 e. The average Bonchev–Trinajstić information content (AvgIpc) is 3.38. The standard InChI is InChI=1S/C21H26ClN5S/c1-23-21(26-17-7-10-27(11-8-17)20-3-2-12-28-20)24-9-6-15-14-25-19-5-4-16(22)13-18(15)19/h2-5,12-14,17,25H,6-11H2,1H3,(H2,23,24,26). The molecule has 3 heterocycles. The Morgan fingerprint density at radius 1 is 1.32 bits per heavy atom. The molecule has 1 aromatic carbocycles. The predicted octanol–water partition coefficient (Wildman–Crippen LogP) is 4.26. The zero-order valence-electron chi connectivity index (χ0n) is 16.0. The third kappa shape index (κ3) is 4.45. The summed E-state index contributed by atoms with van der Waals surface area (Å²) in [4.78, 5) is 10.2. The fourth-order valence-corrected chi connectivity index (χ4v) is 4.71. The van der Waals surface area contributed by atoms with Crippen LogP contribution in [0.15, 0.2) is 46.9 Å². The molecule has 28 heavy (non-hydrogen) atoms. The summed E-state index contributed by atoms with van der Waals surface area (Å²) in [7, 11) is 1.83. The van der Waals surface area contributed by atoms with Crippen LogP contribution in [0.2, 0.25) is 5.02 Å². The normalized spacial score (nSPS) is 15.9. The van der Waals surface area contributed by atoms with E-state index in [1.807, 2.05) is 36.6 Å². The number of fused-ring (bicyclic) bond motifs is 1. The number of anilines is 1. The molecule has 0 aliphatic carbocycles. The summed E-state index contributed by atoms with van der Waals surface area (Å²) in [6.45, 7) is 3.00. The van der Waals surface area contributed by atoms with Crippen molar-refractivity contribution in [3.05, 3.63) is 52.5 Å². The molecule has 0 spiro atoms. The summed E-state index contributed by atoms with van der Waals surface area (Å²) in [6, 6.07) is 10.8. The highest BCUT2D eigenvalue weighted by Gasteiger charge is 2.20. The van der Waals surface area contributed by atoms with E-state index < -0.39 is 0 Å². The fourth-order valence-electron chi connectivity index (χ4n) is 3.76. The van der Waals surface area contributed by atoms with E-state index in [0.29, 0.717) is 6.04 Å². The molecule has 0 radical (unpaired) electrons. The minimum Gasteiger partial charge on any atom is -0.363 e. The van der Waals surface area contributed by atoms with E-state index in [2.05, 4.69) is 49.2 Å². The first-order valence-corrected chi connectivity index (χ1v) is 11.0. The minimum atomic E-state index is 0.467. The molecule has 148 valence electrons. The largest absolute Gasteiger partial charge is 0.363 e. The van der Waals surface area contributed by atoms with E-state index in [1.54, 1.807) is 0 Å². The summed E-state index contributed by atoms with van der Waals surface area (Å²) in [6.07, 6.45) is 5.23. The third-order valence-electron chi connectivity index (χ3n) is 5.29. The van der Waals surface area contributed by atoms with E-state index >= 15 is 0 Å². The lowest BCUT2D eigenvalue weighted by molar-refractivity contribution is 0.463. The minimum absolute atomic E-state index is 0.467. The van der Waals surface area contributed by atoms with Gasteiger partial charge >= 0.3 is 0 Å². The number of nitrogens with zero attached hydrogens (tertiary/aromatic N) is 2. The maximum absolute atomic E-state index is 6.14. The Labute approximate surface area is 174 Å². The lowest BCUT2D eigenvalue weighted by atomic mass is 10.1. The van der Waals surface area contributed by atoms with Gasteiger partial charge in [0, 0.05) is 54.8 Å². The summed E-state index contributed by atoms with van der Waals surface area (Å²) in [5.74, 6) is 0.882. The van der Waals surface area contributed by atoms with Crippen LogP contribution in [0, 0.1) is 0 Å². The highest BCUT2D eigenvalue weighted by atomic mass is 35.5. The van der Waals surface area contributed by atoms with Crippen LogP contribution in [-0.4, -0.2) is 43.7 Å². The van der Waals surface area contributed by atoms with E-state index in [-0.39, 0.29) is 0 Å². The van der Waals surface area contributed by atoms with Crippen molar-refractivity contribution in [2.45, 2.75) is 25.3 Å². The van der Waals surface area contributed by atoms with Gasteiger partial charge in [0.1, 0.15) is 0 Å². The summed E-state index contributed by atoms with van der Waals surface area (Å²) in [5, 5.41) is 12.5. The molecular formula is C21H26ClN5S. The van der Waals surface area contributed by atoms with Gasteiger partial charge in [-0.1, -0.05) is 11.6 Å². The second kappa shape index (κ2) is 8.88. The monoisotopic (exact) mass is 415 g/mol. The molecule has 3 aromatic rings. The maximum atomic E-state index is 6.14. The highest BCUT2D eigenvalue weighted by Crippen LogP contribution is 2.25. The van der Waals surface area contributed by atoms with Crippen molar-refractivity contribution in [1.82, 2.24) is 15.6 Å². The highest BCUT2D eigenvalue weighted by molar-refractivity contribution is 7.14. The number of piperidine rings is 1. The Morgan fingerprint density at radius 3 is 2.93 bits per heavy atom. The summed E-state index contributed by atoms with van der Waals surface area (Å²) < 4.78 is 0. The van der Waals surface area contributed by atoms with Crippen molar-refractivity contribution in [3.8, 4) is 0 Å². The van der Waals surface area contributed by atoms with Crippen molar-refractivity contribution in [3.63, 3.8) is 0 Å². The van der Waals surface area contributed by atoms with Crippen molar-refractivity contribution < 1.29 is 0 Å². The number of nitrogens with one attached hydrogen (secondary N) is 3. The van der Waals surface area contributed by atoms with Crippen LogP contribution in [-0.2, 0) is 6.42 Å². The Morgan fingerprint density at radius 2 is 2.18 bits per heavy atom. The van der Waals surface area contributed by atoms with E-state index in [4.69, 9.17) is 11.6 Å². The molecule has 5 nitrogen and oxygen atoms in total.